The van der Waals surface area contributed by atoms with Gasteiger partial charge in [-0.05, 0) is 73.1 Å². The molecule has 1 saturated carbocycles. The van der Waals surface area contributed by atoms with Crippen LogP contribution in [0.15, 0.2) is 29.8 Å². The second-order valence-corrected chi connectivity index (χ2v) is 10.0. The zero-order valence-electron chi connectivity index (χ0n) is 16.6. The van der Waals surface area contributed by atoms with Crippen molar-refractivity contribution >= 4 is 16.2 Å². The van der Waals surface area contributed by atoms with Gasteiger partial charge in [0, 0.05) is 25.1 Å². The largest absolute Gasteiger partial charge is 0.380 e. The molecule has 1 aromatic carbocycles. The fraction of sp³-hybridized carbons (Fsp3) is 0.571. The summed E-state index contributed by atoms with van der Waals surface area (Å²) in [5.74, 6) is 1.90. The van der Waals surface area contributed by atoms with E-state index in [0.717, 1.165) is 43.2 Å². The molecule has 4 rings (SSSR count). The van der Waals surface area contributed by atoms with E-state index in [9.17, 15) is 13.2 Å². The van der Waals surface area contributed by atoms with Gasteiger partial charge in [-0.1, -0.05) is 19.1 Å². The van der Waals surface area contributed by atoms with Crippen LogP contribution < -0.4 is 9.32 Å². The number of rotatable bonds is 3. The molecule has 3 unspecified atom stereocenters. The van der Waals surface area contributed by atoms with Crippen molar-refractivity contribution in [3.05, 3.63) is 41.0 Å². The molecule has 1 amide bonds. The molecule has 1 aromatic rings. The number of carbonyl (C=O) groups excluding carboxylic acids is 1. The highest BCUT2D eigenvalue weighted by atomic mass is 32.2. The molecule has 28 heavy (non-hydrogen) atoms. The van der Waals surface area contributed by atoms with Crippen LogP contribution in [0.25, 0.3) is 0 Å². The van der Waals surface area contributed by atoms with Crippen LogP contribution in [0.5, 0.6) is 5.75 Å². The van der Waals surface area contributed by atoms with Crippen LogP contribution in [0.3, 0.4) is 0 Å². The fourth-order valence-electron chi connectivity index (χ4n) is 5.88. The molecular weight excluding hydrogens is 376 g/mol. The Kier molecular flexibility index (Phi) is 4.58. The number of nitrogens with zero attached hydrogens (tertiary/aromatic N) is 1. The second-order valence-electron chi connectivity index (χ2n) is 8.86. The molecule has 2 N–H and O–H groups in total. The van der Waals surface area contributed by atoms with Crippen molar-refractivity contribution in [2.45, 2.75) is 44.9 Å². The molecule has 3 aliphatic rings. The van der Waals surface area contributed by atoms with Crippen molar-refractivity contribution in [3.63, 3.8) is 0 Å². The molecule has 0 bridgehead atoms. The smallest absolute Gasteiger partial charge is 0.371 e. The summed E-state index contributed by atoms with van der Waals surface area (Å²) in [6.07, 6.45) is 7.12. The standard InChI is InChI=1S/C21H28N2O4S/c1-21-11-10-16-15-7-5-14(27-28(22,25)26)12-13(15)4-6-17(16)18(21)8-9-19(21)20(24)23(2)3/h5,7,9,12,16-18H,4,6,8,10-11H2,1-3H3,(H2,22,25,26)/t16?,17?,18?,21-/m0/s1. The molecule has 0 aliphatic heterocycles. The highest BCUT2D eigenvalue weighted by molar-refractivity contribution is 7.84. The normalized spacial score (nSPS) is 31.3. The average Bonchev–Trinajstić information content (AvgIpc) is 2.96. The van der Waals surface area contributed by atoms with E-state index in [1.807, 2.05) is 26.2 Å². The summed E-state index contributed by atoms with van der Waals surface area (Å²) in [6.45, 7) is 2.27. The van der Waals surface area contributed by atoms with Gasteiger partial charge >= 0.3 is 10.3 Å². The Labute approximate surface area is 167 Å². The van der Waals surface area contributed by atoms with Gasteiger partial charge in [-0.2, -0.15) is 13.6 Å². The molecule has 7 heteroatoms. The van der Waals surface area contributed by atoms with Crippen molar-refractivity contribution in [1.82, 2.24) is 4.90 Å². The molecule has 6 nitrogen and oxygen atoms in total. The van der Waals surface area contributed by atoms with Crippen LogP contribution in [-0.4, -0.2) is 33.3 Å². The number of amides is 1. The number of carbonyl (C=O) groups is 1. The molecular formula is C21H28N2O4S. The Balaban J connectivity index is 1.60. The SMILES string of the molecule is CN(C)C(=O)C1=CCC2C3CCc4cc(OS(N)(=O)=O)ccc4C3CC[C@]12C. The lowest BCUT2D eigenvalue weighted by Gasteiger charge is -2.50. The first-order chi connectivity index (χ1) is 13.1. The predicted molar refractivity (Wildman–Crippen MR) is 107 cm³/mol. The number of hydrogen-bond acceptors (Lipinski definition) is 4. The summed E-state index contributed by atoms with van der Waals surface area (Å²) < 4.78 is 27.3. The number of allylic oxidation sites excluding steroid dienone is 1. The van der Waals surface area contributed by atoms with Crippen molar-refractivity contribution < 1.29 is 17.4 Å². The van der Waals surface area contributed by atoms with Gasteiger partial charge in [-0.15, -0.1) is 0 Å². The Morgan fingerprint density at radius 3 is 2.71 bits per heavy atom. The van der Waals surface area contributed by atoms with Crippen LogP contribution in [0.2, 0.25) is 0 Å². The van der Waals surface area contributed by atoms with E-state index in [1.165, 1.54) is 5.56 Å². The van der Waals surface area contributed by atoms with Crippen molar-refractivity contribution in [2.24, 2.45) is 22.4 Å². The van der Waals surface area contributed by atoms with E-state index in [1.54, 1.807) is 11.0 Å². The van der Waals surface area contributed by atoms with Crippen molar-refractivity contribution in [3.8, 4) is 5.75 Å². The highest BCUT2D eigenvalue weighted by Gasteiger charge is 2.53. The van der Waals surface area contributed by atoms with Gasteiger partial charge in [-0.3, -0.25) is 4.79 Å². The summed E-state index contributed by atoms with van der Waals surface area (Å²) in [5.41, 5.74) is 3.40. The van der Waals surface area contributed by atoms with E-state index < -0.39 is 10.3 Å². The van der Waals surface area contributed by atoms with Gasteiger partial charge in [0.1, 0.15) is 5.75 Å². The lowest BCUT2D eigenvalue weighted by atomic mass is 9.54. The maximum Gasteiger partial charge on any atom is 0.380 e. The summed E-state index contributed by atoms with van der Waals surface area (Å²) in [7, 11) is -0.365. The average molecular weight is 405 g/mol. The molecule has 0 aromatic heterocycles. The molecule has 0 saturated heterocycles. The number of fused-ring (bicyclic) bond motifs is 5. The van der Waals surface area contributed by atoms with Gasteiger partial charge < -0.3 is 9.08 Å². The van der Waals surface area contributed by atoms with Gasteiger partial charge in [0.05, 0.1) is 0 Å². The zero-order valence-corrected chi connectivity index (χ0v) is 17.5. The third-order valence-corrected chi connectivity index (χ3v) is 7.55. The monoisotopic (exact) mass is 404 g/mol. The third-order valence-electron chi connectivity index (χ3n) is 7.13. The van der Waals surface area contributed by atoms with Gasteiger partial charge in [-0.25, -0.2) is 0 Å². The van der Waals surface area contributed by atoms with E-state index in [4.69, 9.17) is 9.32 Å². The predicted octanol–water partition coefficient (Wildman–Crippen LogP) is 2.75. The quantitative estimate of drug-likeness (QED) is 0.839. The minimum Gasteiger partial charge on any atom is -0.371 e. The number of aryl methyl sites for hydroxylation is 1. The second kappa shape index (κ2) is 6.59. The Morgan fingerprint density at radius 1 is 1.29 bits per heavy atom. The first-order valence-electron chi connectivity index (χ1n) is 9.87. The first-order valence-corrected chi connectivity index (χ1v) is 11.3. The van der Waals surface area contributed by atoms with Crippen LogP contribution >= 0.6 is 0 Å². The lowest BCUT2D eigenvalue weighted by molar-refractivity contribution is -0.126. The number of hydrogen-bond donors (Lipinski definition) is 1. The Bertz CT molecular complexity index is 953. The van der Waals surface area contributed by atoms with E-state index >= 15 is 0 Å². The summed E-state index contributed by atoms with van der Waals surface area (Å²) in [5, 5.41) is 4.99. The van der Waals surface area contributed by atoms with Gasteiger partial charge in [0.15, 0.2) is 0 Å². The molecule has 4 atom stereocenters. The van der Waals surface area contributed by atoms with Crippen LogP contribution in [0, 0.1) is 17.3 Å². The number of likely N-dealkylation sites (N-methyl/N-ethyl adjacent to an activating group) is 1. The maximum absolute atomic E-state index is 12.7. The lowest BCUT2D eigenvalue weighted by Crippen LogP contribution is -2.43. The van der Waals surface area contributed by atoms with E-state index in [0.29, 0.717) is 17.8 Å². The van der Waals surface area contributed by atoms with Gasteiger partial charge in [0.2, 0.25) is 5.91 Å². The third kappa shape index (κ3) is 3.14. The fourth-order valence-corrected chi connectivity index (χ4v) is 6.26. The molecule has 3 aliphatic carbocycles. The molecule has 1 fully saturated rings. The summed E-state index contributed by atoms with van der Waals surface area (Å²) >= 11 is 0. The zero-order chi connectivity index (χ0) is 20.3. The van der Waals surface area contributed by atoms with Crippen molar-refractivity contribution in [2.75, 3.05) is 14.1 Å². The van der Waals surface area contributed by atoms with E-state index in [2.05, 4.69) is 13.0 Å². The molecule has 0 radical (unpaired) electrons. The molecule has 0 heterocycles. The minimum atomic E-state index is -4.01. The number of nitrogens with two attached hydrogens (primary N) is 1. The summed E-state index contributed by atoms with van der Waals surface area (Å²) in [6, 6.07) is 5.52. The molecule has 0 spiro atoms. The van der Waals surface area contributed by atoms with Gasteiger partial charge in [0.25, 0.3) is 0 Å². The Morgan fingerprint density at radius 2 is 2.04 bits per heavy atom. The molecule has 152 valence electrons. The van der Waals surface area contributed by atoms with Crippen molar-refractivity contribution in [1.29, 1.82) is 0 Å². The minimum absolute atomic E-state index is 0.0449. The Hall–Kier alpha value is -1.86. The summed E-state index contributed by atoms with van der Waals surface area (Å²) in [4.78, 5) is 14.4. The van der Waals surface area contributed by atoms with Crippen LogP contribution in [0.4, 0.5) is 0 Å². The van der Waals surface area contributed by atoms with E-state index in [-0.39, 0.29) is 17.1 Å². The number of benzene rings is 1. The highest BCUT2D eigenvalue weighted by Crippen LogP contribution is 2.61. The topological polar surface area (TPSA) is 89.7 Å². The van der Waals surface area contributed by atoms with Crippen LogP contribution in [0.1, 0.15) is 49.7 Å². The van der Waals surface area contributed by atoms with Crippen LogP contribution in [-0.2, 0) is 21.5 Å². The first kappa shape index (κ1) is 19.5. The maximum atomic E-state index is 12.7.